The summed E-state index contributed by atoms with van der Waals surface area (Å²) in [5, 5.41) is 2.57. The highest BCUT2D eigenvalue weighted by Crippen LogP contribution is 2.70. The summed E-state index contributed by atoms with van der Waals surface area (Å²) in [6, 6.07) is 70.1. The second kappa shape index (κ2) is 13.5. The average Bonchev–Trinajstić information content (AvgIpc) is 4.12. The van der Waals surface area contributed by atoms with Crippen LogP contribution >= 0.6 is 0 Å². The fourth-order valence-electron chi connectivity index (χ4n) is 15.6. The quantitative estimate of drug-likeness (QED) is 0.168. The van der Waals surface area contributed by atoms with Crippen LogP contribution in [0, 0.1) is 23.7 Å². The maximum absolute atomic E-state index is 2.68. The topological polar surface area (TPSA) is 8.17 Å². The highest BCUT2D eigenvalue weighted by molar-refractivity contribution is 6.10. The predicted molar refractivity (Wildman–Crippen MR) is 269 cm³/mol. The average molecular weight is 837 g/mol. The number of hydrogen-bond acceptors (Lipinski definition) is 1. The third-order valence-electron chi connectivity index (χ3n) is 17.9. The van der Waals surface area contributed by atoms with E-state index in [1.54, 1.807) is 16.7 Å². The molecule has 0 amide bonds. The van der Waals surface area contributed by atoms with Gasteiger partial charge in [0.25, 0.3) is 0 Å². The van der Waals surface area contributed by atoms with Crippen LogP contribution in [-0.4, -0.2) is 4.57 Å². The molecule has 5 saturated carbocycles. The Hall–Kier alpha value is -6.64. The van der Waals surface area contributed by atoms with Crippen LogP contribution in [-0.2, 0) is 10.8 Å². The van der Waals surface area contributed by atoms with E-state index in [0.717, 1.165) is 23.7 Å². The standard InChI is InChI=1S/C63H52N2/c1-2-12-46(13-3-1)65-60-19-9-6-16-54(60)55-37-43(22-29-61(55)65)42-20-23-47(24-21-42)64(48-25-27-52-50-14-4-7-17-56(50)62(58(52)38-48)30-10-11-31-62)49-26-28-53-51-15-5-8-18-57(51)63(59(53)39-49)44-33-40-32-41(35-44)36-45(63)34-40/h1-9,12-29,37-41,44-45H,10-11,30-36H2. The summed E-state index contributed by atoms with van der Waals surface area (Å²) in [6.07, 6.45) is 12.1. The molecule has 65 heavy (non-hydrogen) atoms. The molecule has 0 atom stereocenters. The van der Waals surface area contributed by atoms with Crippen LogP contribution in [0.4, 0.5) is 17.1 Å². The van der Waals surface area contributed by atoms with E-state index in [2.05, 4.69) is 191 Å². The summed E-state index contributed by atoms with van der Waals surface area (Å²) in [5.74, 6) is 3.28. The molecule has 0 unspecified atom stereocenters. The number of nitrogens with zero attached hydrogens (tertiary/aromatic N) is 2. The first kappa shape index (κ1) is 36.7. The molecule has 2 spiro atoms. The number of anilines is 3. The Morgan fingerprint density at radius 1 is 0.400 bits per heavy atom. The maximum atomic E-state index is 2.68. The molecule has 0 radical (unpaired) electrons. The van der Waals surface area contributed by atoms with Gasteiger partial charge < -0.3 is 9.47 Å². The Balaban J connectivity index is 0.894. The molecular formula is C63H52N2. The van der Waals surface area contributed by atoms with Crippen LogP contribution in [0.25, 0.3) is 60.9 Å². The van der Waals surface area contributed by atoms with Gasteiger partial charge in [0.15, 0.2) is 0 Å². The summed E-state index contributed by atoms with van der Waals surface area (Å²) >= 11 is 0. The molecule has 5 fully saturated rings. The van der Waals surface area contributed by atoms with Crippen LogP contribution in [0.3, 0.4) is 0 Å². The van der Waals surface area contributed by atoms with Gasteiger partial charge in [0, 0.05) is 44.4 Å². The van der Waals surface area contributed by atoms with E-state index in [-0.39, 0.29) is 10.8 Å². The minimum absolute atomic E-state index is 0.101. The molecule has 314 valence electrons. The number of para-hydroxylation sites is 2. The largest absolute Gasteiger partial charge is 0.310 e. The van der Waals surface area contributed by atoms with E-state index in [0.29, 0.717) is 0 Å². The van der Waals surface area contributed by atoms with E-state index in [9.17, 15) is 0 Å². The zero-order valence-electron chi connectivity index (χ0n) is 36.9. The first-order valence-electron chi connectivity index (χ1n) is 24.6. The van der Waals surface area contributed by atoms with Gasteiger partial charge in [-0.2, -0.15) is 0 Å². The van der Waals surface area contributed by atoms with E-state index >= 15 is 0 Å². The molecule has 7 aliphatic rings. The van der Waals surface area contributed by atoms with Gasteiger partial charge in [0.1, 0.15) is 0 Å². The molecular weight excluding hydrogens is 785 g/mol. The van der Waals surface area contributed by atoms with Gasteiger partial charge >= 0.3 is 0 Å². The summed E-state index contributed by atoms with van der Waals surface area (Å²) in [6.45, 7) is 0. The predicted octanol–water partition coefficient (Wildman–Crippen LogP) is 16.5. The lowest BCUT2D eigenvalue weighted by Gasteiger charge is -2.61. The normalized spacial score (nSPS) is 23.6. The summed E-state index contributed by atoms with van der Waals surface area (Å²) in [4.78, 5) is 2.61. The zero-order valence-corrected chi connectivity index (χ0v) is 36.9. The molecule has 0 aliphatic heterocycles. The number of hydrogen-bond donors (Lipinski definition) is 0. The molecule has 2 heteroatoms. The molecule has 8 aromatic carbocycles. The fraction of sp³-hybridized carbons (Fsp3) is 0.238. The Labute approximate surface area is 382 Å². The second-order valence-corrected chi connectivity index (χ2v) is 20.8. The third kappa shape index (κ3) is 4.95. The maximum Gasteiger partial charge on any atom is 0.0541 e. The van der Waals surface area contributed by atoms with E-state index in [1.165, 1.54) is 141 Å². The van der Waals surface area contributed by atoms with Crippen molar-refractivity contribution >= 4 is 38.9 Å². The van der Waals surface area contributed by atoms with Gasteiger partial charge in [-0.15, -0.1) is 0 Å². The summed E-state index contributed by atoms with van der Waals surface area (Å²) < 4.78 is 2.41. The smallest absolute Gasteiger partial charge is 0.0541 e. The molecule has 7 aliphatic carbocycles. The van der Waals surface area contributed by atoms with Crippen molar-refractivity contribution in [3.63, 3.8) is 0 Å². The molecule has 4 bridgehead atoms. The Bertz CT molecular complexity index is 3370. The van der Waals surface area contributed by atoms with Crippen LogP contribution < -0.4 is 4.90 Å². The number of rotatable bonds is 5. The first-order chi connectivity index (χ1) is 32.2. The van der Waals surface area contributed by atoms with Crippen LogP contribution in [0.5, 0.6) is 0 Å². The van der Waals surface area contributed by atoms with Gasteiger partial charge in [0.2, 0.25) is 0 Å². The monoisotopic (exact) mass is 836 g/mol. The number of benzene rings is 8. The van der Waals surface area contributed by atoms with E-state index in [1.807, 2.05) is 0 Å². The Morgan fingerprint density at radius 3 is 1.69 bits per heavy atom. The van der Waals surface area contributed by atoms with Gasteiger partial charge in [-0.25, -0.2) is 0 Å². The third-order valence-corrected chi connectivity index (χ3v) is 17.9. The Morgan fingerprint density at radius 2 is 0.954 bits per heavy atom. The highest BCUT2D eigenvalue weighted by Gasteiger charge is 2.61. The van der Waals surface area contributed by atoms with Crippen molar-refractivity contribution < 1.29 is 0 Å². The van der Waals surface area contributed by atoms with Crippen LogP contribution in [0.15, 0.2) is 182 Å². The zero-order chi connectivity index (χ0) is 42.4. The van der Waals surface area contributed by atoms with E-state index < -0.39 is 0 Å². The molecule has 1 heterocycles. The fourth-order valence-corrected chi connectivity index (χ4v) is 15.6. The second-order valence-electron chi connectivity index (χ2n) is 20.8. The van der Waals surface area contributed by atoms with Crippen molar-refractivity contribution in [1.29, 1.82) is 0 Å². The lowest BCUT2D eigenvalue weighted by molar-refractivity contribution is -0.0399. The molecule has 0 N–H and O–H groups in total. The van der Waals surface area contributed by atoms with Crippen molar-refractivity contribution in [2.45, 2.75) is 68.6 Å². The molecule has 0 saturated heterocycles. The Kier molecular flexibility index (Phi) is 7.59. The molecule has 2 nitrogen and oxygen atoms in total. The highest BCUT2D eigenvalue weighted by atomic mass is 15.1. The summed E-state index contributed by atoms with van der Waals surface area (Å²) in [5.41, 5.74) is 22.2. The van der Waals surface area contributed by atoms with Crippen molar-refractivity contribution in [1.82, 2.24) is 4.57 Å². The van der Waals surface area contributed by atoms with Crippen LogP contribution in [0.2, 0.25) is 0 Å². The molecule has 16 rings (SSSR count). The minimum atomic E-state index is 0.101. The van der Waals surface area contributed by atoms with Crippen molar-refractivity contribution in [2.75, 3.05) is 4.90 Å². The first-order valence-corrected chi connectivity index (χ1v) is 24.6. The lowest BCUT2D eigenvalue weighted by atomic mass is 9.43. The van der Waals surface area contributed by atoms with Crippen LogP contribution in [0.1, 0.15) is 80.0 Å². The van der Waals surface area contributed by atoms with Crippen molar-refractivity contribution in [3.8, 4) is 39.1 Å². The number of aromatic nitrogens is 1. The van der Waals surface area contributed by atoms with Gasteiger partial charge in [-0.1, -0.05) is 128 Å². The van der Waals surface area contributed by atoms with Crippen molar-refractivity contribution in [2.24, 2.45) is 23.7 Å². The van der Waals surface area contributed by atoms with Gasteiger partial charge in [-0.3, -0.25) is 0 Å². The minimum Gasteiger partial charge on any atom is -0.310 e. The molecule has 1 aromatic heterocycles. The number of fused-ring (bicyclic) bond motifs is 11. The molecule has 9 aromatic rings. The van der Waals surface area contributed by atoms with Gasteiger partial charge in [0.05, 0.1) is 11.0 Å². The van der Waals surface area contributed by atoms with Gasteiger partial charge in [-0.05, 0) is 191 Å². The van der Waals surface area contributed by atoms with Crippen molar-refractivity contribution in [3.05, 3.63) is 204 Å². The summed E-state index contributed by atoms with van der Waals surface area (Å²) in [7, 11) is 0. The lowest BCUT2D eigenvalue weighted by Crippen LogP contribution is -2.55. The SMILES string of the molecule is c1ccc(-n2c3ccccc3c3cc(-c4ccc(N(c5ccc6c(c5)C5(CCCC5)c5ccccc5-6)c5ccc6c(c5)C5(c7ccccc7-6)C6CC7CC(C6)CC5C7)cc4)ccc32)cc1. The van der Waals surface area contributed by atoms with E-state index in [4.69, 9.17) is 0 Å².